The van der Waals surface area contributed by atoms with Gasteiger partial charge in [-0.05, 0) is 23.1 Å². The molecule has 1 aliphatic rings. The first-order chi connectivity index (χ1) is 10.4. The van der Waals surface area contributed by atoms with Crippen molar-refractivity contribution in [2.75, 3.05) is 31.6 Å². The summed E-state index contributed by atoms with van der Waals surface area (Å²) in [6, 6.07) is 7.44. The van der Waals surface area contributed by atoms with Crippen molar-refractivity contribution < 1.29 is 9.53 Å². The number of hydrogen-bond donors (Lipinski definition) is 2. The lowest BCUT2D eigenvalue weighted by Gasteiger charge is -2.27. The van der Waals surface area contributed by atoms with E-state index in [0.29, 0.717) is 0 Å². The number of nitrogens with zero attached hydrogens (tertiary/aromatic N) is 1. The fourth-order valence-electron chi connectivity index (χ4n) is 2.32. The number of benzene rings is 1. The van der Waals surface area contributed by atoms with Crippen molar-refractivity contribution >= 4 is 11.6 Å². The molecule has 0 radical (unpaired) electrons. The minimum Gasteiger partial charge on any atom is -0.379 e. The molecule has 0 aliphatic carbocycles. The Hall–Kier alpha value is -1.43. The molecule has 0 bridgehead atoms. The number of rotatable bonds is 4. The standard InChI is InChI=1S/C17H27N3O2/c1-17(2,3)15(18)16(21)19-14-6-4-13(5-7-14)12-20-8-10-22-11-9-20/h4-7,15H,8-12,18H2,1-3H3,(H,19,21)/t15-/m1/s1. The second-order valence-electron chi connectivity index (χ2n) is 6.92. The van der Waals surface area contributed by atoms with E-state index in [-0.39, 0.29) is 11.3 Å². The van der Waals surface area contributed by atoms with Gasteiger partial charge in [-0.1, -0.05) is 32.9 Å². The summed E-state index contributed by atoms with van der Waals surface area (Å²) in [5.74, 6) is -0.145. The lowest BCUT2D eigenvalue weighted by Crippen LogP contribution is -2.45. The first kappa shape index (κ1) is 16.9. The molecule has 0 saturated carbocycles. The van der Waals surface area contributed by atoms with Crippen LogP contribution in [0.1, 0.15) is 26.3 Å². The van der Waals surface area contributed by atoms with Crippen molar-refractivity contribution in [1.29, 1.82) is 0 Å². The summed E-state index contributed by atoms with van der Waals surface area (Å²) in [5.41, 5.74) is 7.74. The molecule has 1 atom stereocenters. The third kappa shape index (κ3) is 4.80. The summed E-state index contributed by atoms with van der Waals surface area (Å²) in [6.45, 7) is 10.3. The summed E-state index contributed by atoms with van der Waals surface area (Å²) in [4.78, 5) is 14.5. The number of amides is 1. The van der Waals surface area contributed by atoms with Gasteiger partial charge in [-0.2, -0.15) is 0 Å². The Kier molecular flexibility index (Phi) is 5.56. The zero-order valence-electron chi connectivity index (χ0n) is 13.8. The Bertz CT molecular complexity index is 488. The Morgan fingerprint density at radius 3 is 2.41 bits per heavy atom. The molecule has 22 heavy (non-hydrogen) atoms. The molecule has 1 aliphatic heterocycles. The van der Waals surface area contributed by atoms with E-state index in [1.807, 2.05) is 45.0 Å². The van der Waals surface area contributed by atoms with Gasteiger partial charge in [0.15, 0.2) is 0 Å². The van der Waals surface area contributed by atoms with Gasteiger partial charge in [-0.25, -0.2) is 0 Å². The second-order valence-corrected chi connectivity index (χ2v) is 6.92. The average Bonchev–Trinajstić information content (AvgIpc) is 2.48. The molecule has 1 fully saturated rings. The van der Waals surface area contributed by atoms with Gasteiger partial charge in [0.1, 0.15) is 0 Å². The zero-order chi connectivity index (χ0) is 16.2. The molecule has 1 amide bonds. The van der Waals surface area contributed by atoms with Gasteiger partial charge < -0.3 is 15.8 Å². The van der Waals surface area contributed by atoms with Gasteiger partial charge in [-0.3, -0.25) is 9.69 Å². The molecule has 3 N–H and O–H groups in total. The van der Waals surface area contributed by atoms with E-state index >= 15 is 0 Å². The number of hydrogen-bond acceptors (Lipinski definition) is 4. The molecule has 1 aromatic rings. The molecule has 0 aromatic heterocycles. The number of carbonyl (C=O) groups excluding carboxylic acids is 1. The highest BCUT2D eigenvalue weighted by Gasteiger charge is 2.27. The summed E-state index contributed by atoms with van der Waals surface area (Å²) >= 11 is 0. The van der Waals surface area contributed by atoms with E-state index < -0.39 is 6.04 Å². The van der Waals surface area contributed by atoms with Crippen LogP contribution >= 0.6 is 0 Å². The van der Waals surface area contributed by atoms with Gasteiger partial charge in [0.05, 0.1) is 19.3 Å². The number of morpholine rings is 1. The van der Waals surface area contributed by atoms with Gasteiger partial charge in [0.2, 0.25) is 5.91 Å². The first-order valence-electron chi connectivity index (χ1n) is 7.82. The van der Waals surface area contributed by atoms with Crippen LogP contribution < -0.4 is 11.1 Å². The zero-order valence-corrected chi connectivity index (χ0v) is 13.8. The summed E-state index contributed by atoms with van der Waals surface area (Å²) in [5, 5.41) is 2.88. The summed E-state index contributed by atoms with van der Waals surface area (Å²) in [7, 11) is 0. The topological polar surface area (TPSA) is 67.6 Å². The lowest BCUT2D eigenvalue weighted by molar-refractivity contribution is -0.119. The predicted molar refractivity (Wildman–Crippen MR) is 88.6 cm³/mol. The molecule has 1 heterocycles. The average molecular weight is 305 g/mol. The first-order valence-corrected chi connectivity index (χ1v) is 7.82. The fraction of sp³-hybridized carbons (Fsp3) is 0.588. The molecule has 0 spiro atoms. The smallest absolute Gasteiger partial charge is 0.241 e. The quantitative estimate of drug-likeness (QED) is 0.890. The van der Waals surface area contributed by atoms with Crippen molar-refractivity contribution in [3.63, 3.8) is 0 Å². The molecular formula is C17H27N3O2. The molecule has 1 aromatic carbocycles. The van der Waals surface area contributed by atoms with Gasteiger partial charge in [0, 0.05) is 25.3 Å². The van der Waals surface area contributed by atoms with Crippen molar-refractivity contribution in [1.82, 2.24) is 4.90 Å². The van der Waals surface area contributed by atoms with E-state index in [9.17, 15) is 4.79 Å². The predicted octanol–water partition coefficient (Wildman–Crippen LogP) is 1.83. The van der Waals surface area contributed by atoms with Crippen LogP contribution in [0.2, 0.25) is 0 Å². The van der Waals surface area contributed by atoms with Crippen LogP contribution in [0.5, 0.6) is 0 Å². The monoisotopic (exact) mass is 305 g/mol. The highest BCUT2D eigenvalue weighted by atomic mass is 16.5. The maximum Gasteiger partial charge on any atom is 0.241 e. The number of ether oxygens (including phenoxy) is 1. The van der Waals surface area contributed by atoms with Gasteiger partial charge in [0.25, 0.3) is 0 Å². The third-order valence-electron chi connectivity index (χ3n) is 3.95. The van der Waals surface area contributed by atoms with Crippen molar-refractivity contribution in [2.45, 2.75) is 33.4 Å². The van der Waals surface area contributed by atoms with Crippen LogP contribution in [0.3, 0.4) is 0 Å². The van der Waals surface area contributed by atoms with Crippen LogP contribution in [0, 0.1) is 5.41 Å². The van der Waals surface area contributed by atoms with Crippen LogP contribution in [-0.2, 0) is 16.1 Å². The number of nitrogens with one attached hydrogen (secondary N) is 1. The molecule has 5 heteroatoms. The van der Waals surface area contributed by atoms with E-state index in [1.165, 1.54) is 5.56 Å². The van der Waals surface area contributed by atoms with Gasteiger partial charge in [-0.15, -0.1) is 0 Å². The molecular weight excluding hydrogens is 278 g/mol. The van der Waals surface area contributed by atoms with Gasteiger partial charge >= 0.3 is 0 Å². The second kappa shape index (κ2) is 7.22. The normalized spacial score (nSPS) is 18.0. The Labute approximate surface area is 132 Å². The van der Waals surface area contributed by atoms with Crippen LogP contribution in [0.4, 0.5) is 5.69 Å². The minimum atomic E-state index is -0.527. The summed E-state index contributed by atoms with van der Waals surface area (Å²) in [6.07, 6.45) is 0. The SMILES string of the molecule is CC(C)(C)[C@H](N)C(=O)Nc1ccc(CN2CCOCC2)cc1. The van der Waals surface area contributed by atoms with Crippen molar-refractivity contribution in [3.8, 4) is 0 Å². The van der Waals surface area contributed by atoms with E-state index in [2.05, 4.69) is 10.2 Å². The lowest BCUT2D eigenvalue weighted by atomic mass is 9.87. The molecule has 5 nitrogen and oxygen atoms in total. The highest BCUT2D eigenvalue weighted by molar-refractivity contribution is 5.95. The maximum atomic E-state index is 12.1. The largest absolute Gasteiger partial charge is 0.379 e. The molecule has 2 rings (SSSR count). The fourth-order valence-corrected chi connectivity index (χ4v) is 2.32. The third-order valence-corrected chi connectivity index (χ3v) is 3.95. The molecule has 122 valence electrons. The molecule has 0 unspecified atom stereocenters. The van der Waals surface area contributed by atoms with Crippen LogP contribution in [0.25, 0.3) is 0 Å². The number of carbonyl (C=O) groups is 1. The van der Waals surface area contributed by atoms with E-state index in [0.717, 1.165) is 38.5 Å². The van der Waals surface area contributed by atoms with E-state index in [4.69, 9.17) is 10.5 Å². The Morgan fingerprint density at radius 1 is 1.27 bits per heavy atom. The van der Waals surface area contributed by atoms with Crippen molar-refractivity contribution in [2.24, 2.45) is 11.1 Å². The van der Waals surface area contributed by atoms with Crippen LogP contribution in [0.15, 0.2) is 24.3 Å². The Balaban J connectivity index is 1.90. The highest BCUT2D eigenvalue weighted by Crippen LogP contribution is 2.19. The van der Waals surface area contributed by atoms with Crippen molar-refractivity contribution in [3.05, 3.63) is 29.8 Å². The van der Waals surface area contributed by atoms with E-state index in [1.54, 1.807) is 0 Å². The number of nitrogens with two attached hydrogens (primary N) is 1. The van der Waals surface area contributed by atoms with Crippen LogP contribution in [-0.4, -0.2) is 43.2 Å². The minimum absolute atomic E-state index is 0.145. The Morgan fingerprint density at radius 2 is 1.86 bits per heavy atom. The molecule has 1 saturated heterocycles. The summed E-state index contributed by atoms with van der Waals surface area (Å²) < 4.78 is 5.35. The maximum absolute atomic E-state index is 12.1. The number of anilines is 1.